The Bertz CT molecular complexity index is 580. The van der Waals surface area contributed by atoms with E-state index in [1.807, 2.05) is 13.8 Å². The molecule has 1 aliphatic heterocycles. The molecule has 7 nitrogen and oxygen atoms in total. The first-order valence-corrected chi connectivity index (χ1v) is 6.81. The van der Waals surface area contributed by atoms with Gasteiger partial charge in [0.05, 0.1) is 12.2 Å². The van der Waals surface area contributed by atoms with E-state index in [0.29, 0.717) is 11.9 Å². The fourth-order valence-electron chi connectivity index (χ4n) is 2.30. The number of rotatable bonds is 2. The van der Waals surface area contributed by atoms with E-state index < -0.39 is 0 Å². The molecule has 0 aromatic carbocycles. The molecule has 2 atom stereocenters. The van der Waals surface area contributed by atoms with Crippen LogP contribution in [0.5, 0.6) is 0 Å². The fraction of sp³-hybridized carbons (Fsp3) is 0.500. The van der Waals surface area contributed by atoms with Crippen LogP contribution in [0, 0.1) is 0 Å². The van der Waals surface area contributed by atoms with Gasteiger partial charge < -0.3 is 9.64 Å². The minimum Gasteiger partial charge on any atom is -0.372 e. The smallest absolute Gasteiger partial charge is 0.256 e. The molecular formula is C12H15ClN6O. The van der Waals surface area contributed by atoms with Crippen LogP contribution in [0.1, 0.15) is 13.8 Å². The quantitative estimate of drug-likeness (QED) is 0.832. The van der Waals surface area contributed by atoms with E-state index >= 15 is 0 Å². The maximum Gasteiger partial charge on any atom is 0.256 e. The van der Waals surface area contributed by atoms with Gasteiger partial charge in [-0.1, -0.05) is 0 Å². The summed E-state index contributed by atoms with van der Waals surface area (Å²) in [6, 6.07) is 1.80. The SMILES string of the molecule is C[C@@H]1CN(c2nc(Cl)nc(-n3cccn3)n2)C[C@H](C)O1. The van der Waals surface area contributed by atoms with Crippen LogP contribution in [0.2, 0.25) is 5.28 Å². The number of hydrogen-bond donors (Lipinski definition) is 0. The molecule has 0 unspecified atom stereocenters. The number of aromatic nitrogens is 5. The monoisotopic (exact) mass is 294 g/mol. The van der Waals surface area contributed by atoms with E-state index in [-0.39, 0.29) is 17.5 Å². The number of hydrogen-bond acceptors (Lipinski definition) is 6. The molecule has 2 aromatic heterocycles. The zero-order chi connectivity index (χ0) is 14.1. The van der Waals surface area contributed by atoms with Gasteiger partial charge in [-0.15, -0.1) is 0 Å². The summed E-state index contributed by atoms with van der Waals surface area (Å²) < 4.78 is 7.27. The molecule has 2 aromatic rings. The predicted octanol–water partition coefficient (Wildman–Crippen LogP) is 1.32. The molecule has 3 rings (SSSR count). The van der Waals surface area contributed by atoms with Gasteiger partial charge in [0, 0.05) is 25.5 Å². The lowest BCUT2D eigenvalue weighted by atomic mass is 10.2. The van der Waals surface area contributed by atoms with Crippen molar-refractivity contribution in [1.29, 1.82) is 0 Å². The maximum absolute atomic E-state index is 6.00. The summed E-state index contributed by atoms with van der Waals surface area (Å²) in [5, 5.41) is 4.27. The Kier molecular flexibility index (Phi) is 3.54. The highest BCUT2D eigenvalue weighted by atomic mass is 35.5. The van der Waals surface area contributed by atoms with Gasteiger partial charge >= 0.3 is 0 Å². The number of morpholine rings is 1. The molecule has 3 heterocycles. The molecule has 1 saturated heterocycles. The third kappa shape index (κ3) is 2.73. The third-order valence-electron chi connectivity index (χ3n) is 3.00. The van der Waals surface area contributed by atoms with E-state index in [1.165, 1.54) is 0 Å². The van der Waals surface area contributed by atoms with Crippen molar-refractivity contribution in [1.82, 2.24) is 24.7 Å². The topological polar surface area (TPSA) is 69.0 Å². The Morgan fingerprint density at radius 1 is 1.15 bits per heavy atom. The zero-order valence-electron chi connectivity index (χ0n) is 11.3. The molecular weight excluding hydrogens is 280 g/mol. The van der Waals surface area contributed by atoms with Gasteiger partial charge in [0.2, 0.25) is 11.2 Å². The maximum atomic E-state index is 6.00. The minimum atomic E-state index is 0.127. The predicted molar refractivity (Wildman–Crippen MR) is 74.2 cm³/mol. The standard InChI is InChI=1S/C12H15ClN6O/c1-8-6-18(7-9(2)20-8)11-15-10(13)16-12(17-11)19-5-3-4-14-19/h3-5,8-9H,6-7H2,1-2H3/t8-,9+. The number of anilines is 1. The number of halogens is 1. The van der Waals surface area contributed by atoms with Gasteiger partial charge in [-0.2, -0.15) is 20.1 Å². The Morgan fingerprint density at radius 2 is 1.85 bits per heavy atom. The van der Waals surface area contributed by atoms with Crippen LogP contribution in [-0.4, -0.2) is 50.0 Å². The summed E-state index contributed by atoms with van der Waals surface area (Å²) in [5.41, 5.74) is 0. The summed E-state index contributed by atoms with van der Waals surface area (Å²) in [6.45, 7) is 5.51. The van der Waals surface area contributed by atoms with Crippen molar-refractivity contribution in [3.8, 4) is 5.95 Å². The van der Waals surface area contributed by atoms with E-state index in [4.69, 9.17) is 16.3 Å². The molecule has 1 aliphatic rings. The van der Waals surface area contributed by atoms with Gasteiger partial charge in [0.1, 0.15) is 0 Å². The molecule has 0 N–H and O–H groups in total. The Labute approximate surface area is 121 Å². The largest absolute Gasteiger partial charge is 0.372 e. The van der Waals surface area contributed by atoms with Crippen LogP contribution >= 0.6 is 11.6 Å². The van der Waals surface area contributed by atoms with Gasteiger partial charge in [-0.3, -0.25) is 0 Å². The molecule has 0 radical (unpaired) electrons. The third-order valence-corrected chi connectivity index (χ3v) is 3.17. The van der Waals surface area contributed by atoms with Crippen molar-refractivity contribution >= 4 is 17.5 Å². The average molecular weight is 295 g/mol. The molecule has 0 spiro atoms. The Balaban J connectivity index is 1.93. The van der Waals surface area contributed by atoms with E-state index in [9.17, 15) is 0 Å². The van der Waals surface area contributed by atoms with Crippen molar-refractivity contribution in [2.24, 2.45) is 0 Å². The number of ether oxygens (including phenoxy) is 1. The van der Waals surface area contributed by atoms with Crippen molar-refractivity contribution < 1.29 is 4.74 Å². The highest BCUT2D eigenvalue weighted by Crippen LogP contribution is 2.18. The van der Waals surface area contributed by atoms with E-state index in [0.717, 1.165) is 13.1 Å². The highest BCUT2D eigenvalue weighted by Gasteiger charge is 2.25. The van der Waals surface area contributed by atoms with Crippen molar-refractivity contribution in [2.45, 2.75) is 26.1 Å². The van der Waals surface area contributed by atoms with Gasteiger partial charge in [0.25, 0.3) is 5.95 Å². The normalized spacial score (nSPS) is 23.1. The second-order valence-corrected chi connectivity index (χ2v) is 5.16. The Hall–Kier alpha value is -1.73. The van der Waals surface area contributed by atoms with Crippen LogP contribution < -0.4 is 4.90 Å². The summed E-state index contributed by atoms with van der Waals surface area (Å²) in [4.78, 5) is 14.8. The highest BCUT2D eigenvalue weighted by molar-refractivity contribution is 6.28. The second kappa shape index (κ2) is 5.34. The average Bonchev–Trinajstić information content (AvgIpc) is 2.90. The fourth-order valence-corrected chi connectivity index (χ4v) is 2.45. The number of nitrogens with zero attached hydrogens (tertiary/aromatic N) is 6. The van der Waals surface area contributed by atoms with Crippen LogP contribution in [0.4, 0.5) is 5.95 Å². The van der Waals surface area contributed by atoms with Gasteiger partial charge in [0.15, 0.2) is 0 Å². The summed E-state index contributed by atoms with van der Waals surface area (Å²) >= 11 is 6.00. The molecule has 0 aliphatic carbocycles. The summed E-state index contributed by atoms with van der Waals surface area (Å²) in [7, 11) is 0. The van der Waals surface area contributed by atoms with Gasteiger partial charge in [-0.25, -0.2) is 4.68 Å². The second-order valence-electron chi connectivity index (χ2n) is 4.82. The first kappa shape index (κ1) is 13.3. The molecule has 106 valence electrons. The first-order valence-electron chi connectivity index (χ1n) is 6.44. The van der Waals surface area contributed by atoms with Crippen molar-refractivity contribution in [3.05, 3.63) is 23.7 Å². The van der Waals surface area contributed by atoms with Crippen molar-refractivity contribution in [2.75, 3.05) is 18.0 Å². The van der Waals surface area contributed by atoms with E-state index in [2.05, 4.69) is 25.0 Å². The molecule has 0 bridgehead atoms. The molecule has 1 fully saturated rings. The summed E-state index contributed by atoms with van der Waals surface area (Å²) in [5.74, 6) is 0.967. The van der Waals surface area contributed by atoms with Crippen molar-refractivity contribution in [3.63, 3.8) is 0 Å². The summed E-state index contributed by atoms with van der Waals surface area (Å²) in [6.07, 6.45) is 3.68. The lowest BCUT2D eigenvalue weighted by molar-refractivity contribution is -0.00573. The molecule has 8 heteroatoms. The lowest BCUT2D eigenvalue weighted by Gasteiger charge is -2.35. The van der Waals surface area contributed by atoms with Crippen LogP contribution in [-0.2, 0) is 4.74 Å². The molecule has 20 heavy (non-hydrogen) atoms. The van der Waals surface area contributed by atoms with E-state index in [1.54, 1.807) is 23.1 Å². The van der Waals surface area contributed by atoms with Gasteiger partial charge in [-0.05, 0) is 31.5 Å². The Morgan fingerprint density at radius 3 is 2.50 bits per heavy atom. The lowest BCUT2D eigenvalue weighted by Crippen LogP contribution is -2.46. The molecule has 0 saturated carbocycles. The van der Waals surface area contributed by atoms with Crippen LogP contribution in [0.25, 0.3) is 5.95 Å². The first-order chi connectivity index (χ1) is 9.61. The minimum absolute atomic E-state index is 0.127. The molecule has 0 amide bonds. The van der Waals surface area contributed by atoms with Crippen LogP contribution in [0.3, 0.4) is 0 Å². The van der Waals surface area contributed by atoms with Crippen LogP contribution in [0.15, 0.2) is 18.5 Å². The zero-order valence-corrected chi connectivity index (χ0v) is 12.0.